The molecule has 5 aromatic carbocycles. The lowest BCUT2D eigenvalue weighted by Crippen LogP contribution is -2.12. The molecule has 0 amide bonds. The van der Waals surface area contributed by atoms with Crippen molar-refractivity contribution >= 4 is 11.9 Å². The fourth-order valence-electron chi connectivity index (χ4n) is 4.68. The predicted octanol–water partition coefficient (Wildman–Crippen LogP) is 7.59. The highest BCUT2D eigenvalue weighted by atomic mass is 16.5. The molecule has 8 nitrogen and oxygen atoms in total. The Bertz CT molecular complexity index is 1800. The molecule has 0 aliphatic rings. The smallest absolute Gasteiger partial charge is 0.336 e. The summed E-state index contributed by atoms with van der Waals surface area (Å²) >= 11 is 0. The summed E-state index contributed by atoms with van der Waals surface area (Å²) in [5.74, 6) is -1.34. The van der Waals surface area contributed by atoms with E-state index in [0.29, 0.717) is 39.7 Å². The van der Waals surface area contributed by atoms with Gasteiger partial charge in [-0.05, 0) is 77.4 Å². The summed E-state index contributed by atoms with van der Waals surface area (Å²) in [7, 11) is 0. The average Bonchev–Trinajstić information content (AvgIpc) is 3.03. The summed E-state index contributed by atoms with van der Waals surface area (Å²) in [6, 6.07) is 36.0. The molecular weight excluding hydrogens is 544 g/mol. The highest BCUT2D eigenvalue weighted by molar-refractivity contribution is 5.95. The van der Waals surface area contributed by atoms with Gasteiger partial charge >= 0.3 is 11.9 Å². The van der Waals surface area contributed by atoms with Crippen molar-refractivity contribution in [3.05, 3.63) is 154 Å². The molecule has 0 saturated heterocycles. The van der Waals surface area contributed by atoms with Crippen molar-refractivity contribution in [2.75, 3.05) is 0 Å². The number of nitrogens with zero attached hydrogens (tertiary/aromatic N) is 2. The number of hydrogen-bond donors (Lipinski definition) is 2. The van der Waals surface area contributed by atoms with Crippen molar-refractivity contribution in [3.8, 4) is 35.1 Å². The van der Waals surface area contributed by atoms with Gasteiger partial charge in [-0.3, -0.25) is 0 Å². The molecule has 5 rings (SSSR count). The van der Waals surface area contributed by atoms with Crippen LogP contribution in [-0.4, -0.2) is 22.2 Å². The van der Waals surface area contributed by atoms with Crippen molar-refractivity contribution in [3.63, 3.8) is 0 Å². The van der Waals surface area contributed by atoms with Crippen LogP contribution in [0.25, 0.3) is 0 Å². The largest absolute Gasteiger partial charge is 0.478 e. The maximum absolute atomic E-state index is 12.3. The Balaban J connectivity index is 1.55. The van der Waals surface area contributed by atoms with Crippen LogP contribution in [0.15, 0.2) is 115 Å². The fourth-order valence-corrected chi connectivity index (χ4v) is 4.68. The van der Waals surface area contributed by atoms with Crippen LogP contribution >= 0.6 is 0 Å². The lowest BCUT2D eigenvalue weighted by molar-refractivity contribution is 0.0695. The van der Waals surface area contributed by atoms with Gasteiger partial charge in [-0.1, -0.05) is 54.6 Å². The van der Waals surface area contributed by atoms with E-state index in [9.17, 15) is 30.3 Å². The normalized spacial score (nSPS) is 10.4. The SMILES string of the molecule is N#Cc1ccccc1Oc1ccc(C(c2ccc(Oc3ccccc3C#N)cc2)c2ccc(C(=O)O)cc2C(=O)O)cc1. The molecule has 0 aromatic heterocycles. The minimum atomic E-state index is -1.26. The summed E-state index contributed by atoms with van der Waals surface area (Å²) < 4.78 is 11.8. The van der Waals surface area contributed by atoms with Crippen LogP contribution in [-0.2, 0) is 0 Å². The van der Waals surface area contributed by atoms with Crippen molar-refractivity contribution in [1.82, 2.24) is 0 Å². The molecule has 0 aliphatic heterocycles. The molecule has 43 heavy (non-hydrogen) atoms. The van der Waals surface area contributed by atoms with Crippen LogP contribution in [0.3, 0.4) is 0 Å². The second kappa shape index (κ2) is 12.4. The molecule has 208 valence electrons. The van der Waals surface area contributed by atoms with Gasteiger partial charge in [-0.15, -0.1) is 0 Å². The third-order valence-electron chi connectivity index (χ3n) is 6.74. The lowest BCUT2D eigenvalue weighted by atomic mass is 9.82. The van der Waals surface area contributed by atoms with E-state index < -0.39 is 17.9 Å². The van der Waals surface area contributed by atoms with Crippen molar-refractivity contribution in [1.29, 1.82) is 10.5 Å². The Morgan fingerprint density at radius 1 is 0.605 bits per heavy atom. The summed E-state index contributed by atoms with van der Waals surface area (Å²) in [6.45, 7) is 0. The van der Waals surface area contributed by atoms with Crippen LogP contribution in [0.2, 0.25) is 0 Å². The molecule has 0 heterocycles. The maximum Gasteiger partial charge on any atom is 0.336 e. The third kappa shape index (κ3) is 6.19. The second-order valence-corrected chi connectivity index (χ2v) is 9.40. The molecule has 5 aromatic rings. The Labute approximate surface area is 246 Å². The topological polar surface area (TPSA) is 141 Å². The van der Waals surface area contributed by atoms with Crippen molar-refractivity contribution in [2.45, 2.75) is 5.92 Å². The Morgan fingerprint density at radius 3 is 1.49 bits per heavy atom. The number of hydrogen-bond acceptors (Lipinski definition) is 6. The van der Waals surface area contributed by atoms with Crippen LogP contribution in [0, 0.1) is 22.7 Å². The summed E-state index contributed by atoms with van der Waals surface area (Å²) in [5, 5.41) is 38.3. The van der Waals surface area contributed by atoms with Crippen LogP contribution in [0.4, 0.5) is 0 Å². The number of carbonyl (C=O) groups is 2. The summed E-state index contributed by atoms with van der Waals surface area (Å²) in [5.41, 5.74) is 2.31. The standard InChI is InChI=1S/C35H22N2O6/c36-20-25-5-1-3-7-31(25)42-27-14-9-22(10-15-27)33(29-18-13-24(34(38)39)19-30(29)35(40)41)23-11-16-28(17-12-23)43-32-8-4-2-6-26(32)21-37/h1-19,33H,(H,38,39)(H,40,41). The van der Waals surface area contributed by atoms with Crippen molar-refractivity contribution < 1.29 is 29.3 Å². The summed E-state index contributed by atoms with van der Waals surface area (Å²) in [6.07, 6.45) is 0. The zero-order valence-corrected chi connectivity index (χ0v) is 22.5. The molecule has 8 heteroatoms. The van der Waals surface area contributed by atoms with E-state index in [1.54, 1.807) is 97.1 Å². The van der Waals surface area contributed by atoms with E-state index in [2.05, 4.69) is 12.1 Å². The minimum absolute atomic E-state index is 0.139. The number of nitriles is 2. The first-order valence-electron chi connectivity index (χ1n) is 13.0. The first kappa shape index (κ1) is 28.2. The monoisotopic (exact) mass is 566 g/mol. The zero-order valence-electron chi connectivity index (χ0n) is 22.5. The van der Waals surface area contributed by atoms with Crippen LogP contribution in [0.5, 0.6) is 23.0 Å². The van der Waals surface area contributed by atoms with E-state index in [1.807, 2.05) is 0 Å². The molecule has 0 bridgehead atoms. The van der Waals surface area contributed by atoms with E-state index in [0.717, 1.165) is 17.2 Å². The molecule has 0 fully saturated rings. The van der Waals surface area contributed by atoms with E-state index >= 15 is 0 Å². The molecule has 2 N–H and O–H groups in total. The minimum Gasteiger partial charge on any atom is -0.478 e. The van der Waals surface area contributed by atoms with E-state index in [-0.39, 0.29) is 11.1 Å². The van der Waals surface area contributed by atoms with Gasteiger partial charge in [-0.2, -0.15) is 10.5 Å². The Hall–Kier alpha value is -6.38. The number of benzene rings is 5. The number of rotatable bonds is 9. The van der Waals surface area contributed by atoms with Gasteiger partial charge in [-0.25, -0.2) is 9.59 Å². The maximum atomic E-state index is 12.3. The first-order valence-corrected chi connectivity index (χ1v) is 13.0. The van der Waals surface area contributed by atoms with Crippen LogP contribution in [0.1, 0.15) is 54.5 Å². The molecule has 0 saturated carbocycles. The molecule has 0 spiro atoms. The average molecular weight is 567 g/mol. The molecule has 0 radical (unpaired) electrons. The molecular formula is C35H22N2O6. The number of carboxylic acids is 2. The van der Waals surface area contributed by atoms with E-state index in [4.69, 9.17) is 9.47 Å². The van der Waals surface area contributed by atoms with Gasteiger partial charge in [0.25, 0.3) is 0 Å². The highest BCUT2D eigenvalue weighted by Crippen LogP contribution is 2.37. The Morgan fingerprint density at radius 2 is 1.07 bits per heavy atom. The lowest BCUT2D eigenvalue weighted by Gasteiger charge is -2.22. The van der Waals surface area contributed by atoms with Gasteiger partial charge in [0.15, 0.2) is 0 Å². The van der Waals surface area contributed by atoms with Gasteiger partial charge in [0, 0.05) is 5.92 Å². The number of aromatic carboxylic acids is 2. The Kier molecular flexibility index (Phi) is 8.14. The number of ether oxygens (including phenoxy) is 2. The first-order chi connectivity index (χ1) is 20.9. The zero-order chi connectivity index (χ0) is 30.3. The summed E-state index contributed by atoms with van der Waals surface area (Å²) in [4.78, 5) is 23.9. The second-order valence-electron chi connectivity index (χ2n) is 9.40. The molecule has 0 atom stereocenters. The fraction of sp³-hybridized carbons (Fsp3) is 0.0286. The molecule has 0 unspecified atom stereocenters. The van der Waals surface area contributed by atoms with Gasteiger partial charge in [0.1, 0.15) is 35.1 Å². The van der Waals surface area contributed by atoms with Crippen LogP contribution < -0.4 is 9.47 Å². The van der Waals surface area contributed by atoms with Gasteiger partial charge in [0.05, 0.1) is 22.3 Å². The van der Waals surface area contributed by atoms with Crippen molar-refractivity contribution in [2.24, 2.45) is 0 Å². The quantitative estimate of drug-likeness (QED) is 0.174. The third-order valence-corrected chi connectivity index (χ3v) is 6.74. The van der Waals surface area contributed by atoms with Gasteiger partial charge in [0.2, 0.25) is 0 Å². The number of para-hydroxylation sites is 2. The number of carboxylic acid groups (broad SMARTS) is 2. The van der Waals surface area contributed by atoms with Gasteiger partial charge < -0.3 is 19.7 Å². The van der Waals surface area contributed by atoms with E-state index in [1.165, 1.54) is 12.1 Å². The molecule has 0 aliphatic carbocycles. The highest BCUT2D eigenvalue weighted by Gasteiger charge is 2.24. The predicted molar refractivity (Wildman–Crippen MR) is 157 cm³/mol.